The molecule has 0 amide bonds. The van der Waals surface area contributed by atoms with E-state index in [4.69, 9.17) is 4.74 Å². The van der Waals surface area contributed by atoms with Gasteiger partial charge in [0.05, 0.1) is 12.3 Å². The Labute approximate surface area is 195 Å². The first-order valence-electron chi connectivity index (χ1n) is 11.4. The van der Waals surface area contributed by atoms with Crippen LogP contribution in [0.3, 0.4) is 0 Å². The molecule has 33 heavy (non-hydrogen) atoms. The van der Waals surface area contributed by atoms with E-state index < -0.39 is 10.0 Å². The molecule has 8 heteroatoms. The minimum Gasteiger partial charge on any atom is -0.492 e. The highest BCUT2D eigenvalue weighted by molar-refractivity contribution is 7.92. The van der Waals surface area contributed by atoms with Gasteiger partial charge in [0, 0.05) is 24.3 Å². The zero-order valence-corrected chi connectivity index (χ0v) is 20.1. The van der Waals surface area contributed by atoms with E-state index in [9.17, 15) is 8.42 Å². The van der Waals surface area contributed by atoms with Gasteiger partial charge in [0.1, 0.15) is 10.6 Å². The second kappa shape index (κ2) is 9.79. The van der Waals surface area contributed by atoms with Crippen LogP contribution in [0.4, 0.5) is 11.5 Å². The highest BCUT2D eigenvalue weighted by Gasteiger charge is 2.22. The van der Waals surface area contributed by atoms with Gasteiger partial charge in [-0.15, -0.1) is 10.2 Å². The van der Waals surface area contributed by atoms with Crippen LogP contribution in [0.1, 0.15) is 45.1 Å². The van der Waals surface area contributed by atoms with Crippen molar-refractivity contribution in [1.29, 1.82) is 0 Å². The average molecular weight is 467 g/mol. The normalized spacial score (nSPS) is 14.0. The lowest BCUT2D eigenvalue weighted by Crippen LogP contribution is -2.19. The summed E-state index contributed by atoms with van der Waals surface area (Å²) in [5.41, 5.74) is 2.86. The van der Waals surface area contributed by atoms with E-state index in [2.05, 4.69) is 19.8 Å². The standard InChI is InChI=1S/C25H30N4O3S/c1-4-32-23-12-10-19(18(2)3)17-24(23)33(30,31)28-21-9-7-8-20(16-21)22-11-13-25(27-26-22)29-14-5-6-15-29/h7-13,16-18,28H,4-6,14-15H2,1-3H3. The first-order valence-corrected chi connectivity index (χ1v) is 12.8. The summed E-state index contributed by atoms with van der Waals surface area (Å²) < 4.78 is 34.9. The Morgan fingerprint density at radius 3 is 2.48 bits per heavy atom. The SMILES string of the molecule is CCOc1ccc(C(C)C)cc1S(=O)(=O)Nc1cccc(-c2ccc(N3CCCC3)nn2)c1. The number of sulfonamides is 1. The van der Waals surface area contributed by atoms with Crippen LogP contribution in [0, 0.1) is 0 Å². The van der Waals surface area contributed by atoms with Crippen molar-refractivity contribution in [3.8, 4) is 17.0 Å². The van der Waals surface area contributed by atoms with E-state index in [0.29, 0.717) is 23.7 Å². The molecule has 4 rings (SSSR count). The molecule has 0 atom stereocenters. The summed E-state index contributed by atoms with van der Waals surface area (Å²) in [6, 6.07) is 16.4. The van der Waals surface area contributed by atoms with E-state index in [-0.39, 0.29) is 10.8 Å². The third kappa shape index (κ3) is 5.27. The van der Waals surface area contributed by atoms with Crippen LogP contribution in [-0.2, 0) is 10.0 Å². The minimum absolute atomic E-state index is 0.135. The molecule has 0 unspecified atom stereocenters. The zero-order chi connectivity index (χ0) is 23.4. The van der Waals surface area contributed by atoms with E-state index in [1.165, 1.54) is 12.8 Å². The van der Waals surface area contributed by atoms with Crippen molar-refractivity contribution in [2.75, 3.05) is 29.3 Å². The summed E-state index contributed by atoms with van der Waals surface area (Å²) in [5.74, 6) is 1.41. The van der Waals surface area contributed by atoms with Gasteiger partial charge in [-0.3, -0.25) is 4.72 Å². The molecule has 174 valence electrons. The topological polar surface area (TPSA) is 84.4 Å². The molecule has 1 aliphatic heterocycles. The molecule has 0 spiro atoms. The molecule has 1 aromatic heterocycles. The number of hydrogen-bond donors (Lipinski definition) is 1. The molecular formula is C25H30N4O3S. The number of aromatic nitrogens is 2. The molecule has 0 bridgehead atoms. The zero-order valence-electron chi connectivity index (χ0n) is 19.3. The lowest BCUT2D eigenvalue weighted by atomic mass is 10.0. The molecule has 0 aliphatic carbocycles. The number of ether oxygens (including phenoxy) is 1. The molecule has 1 aliphatic rings. The minimum atomic E-state index is -3.86. The van der Waals surface area contributed by atoms with E-state index >= 15 is 0 Å². The Bertz CT molecular complexity index is 1200. The van der Waals surface area contributed by atoms with Crippen LogP contribution < -0.4 is 14.4 Å². The summed E-state index contributed by atoms with van der Waals surface area (Å²) in [4.78, 5) is 2.36. The third-order valence-electron chi connectivity index (χ3n) is 5.71. The van der Waals surface area contributed by atoms with Gasteiger partial charge < -0.3 is 9.64 Å². The fourth-order valence-corrected chi connectivity index (χ4v) is 5.15. The fraction of sp³-hybridized carbons (Fsp3) is 0.360. The Morgan fingerprint density at radius 1 is 1.03 bits per heavy atom. The Kier molecular flexibility index (Phi) is 6.83. The summed E-state index contributed by atoms with van der Waals surface area (Å²) in [6.07, 6.45) is 2.35. The molecular weight excluding hydrogens is 436 g/mol. The fourth-order valence-electron chi connectivity index (χ4n) is 3.91. The lowest BCUT2D eigenvalue weighted by molar-refractivity contribution is 0.331. The number of rotatable bonds is 8. The van der Waals surface area contributed by atoms with Crippen molar-refractivity contribution in [1.82, 2.24) is 10.2 Å². The van der Waals surface area contributed by atoms with Gasteiger partial charge in [0.25, 0.3) is 10.0 Å². The van der Waals surface area contributed by atoms with Gasteiger partial charge >= 0.3 is 0 Å². The molecule has 1 N–H and O–H groups in total. The molecule has 7 nitrogen and oxygen atoms in total. The second-order valence-electron chi connectivity index (χ2n) is 8.45. The maximum absolute atomic E-state index is 13.3. The number of anilines is 2. The predicted molar refractivity (Wildman–Crippen MR) is 131 cm³/mol. The quantitative estimate of drug-likeness (QED) is 0.499. The van der Waals surface area contributed by atoms with Crippen LogP contribution >= 0.6 is 0 Å². The number of nitrogens with zero attached hydrogens (tertiary/aromatic N) is 3. The highest BCUT2D eigenvalue weighted by Crippen LogP contribution is 2.31. The van der Waals surface area contributed by atoms with Gasteiger partial charge in [0.15, 0.2) is 5.82 Å². The van der Waals surface area contributed by atoms with E-state index in [1.807, 2.05) is 45.0 Å². The van der Waals surface area contributed by atoms with Crippen molar-refractivity contribution < 1.29 is 13.2 Å². The van der Waals surface area contributed by atoms with Crippen molar-refractivity contribution >= 4 is 21.5 Å². The Balaban J connectivity index is 1.60. The maximum Gasteiger partial charge on any atom is 0.265 e. The third-order valence-corrected chi connectivity index (χ3v) is 7.12. The number of benzene rings is 2. The smallest absolute Gasteiger partial charge is 0.265 e. The summed E-state index contributed by atoms with van der Waals surface area (Å²) in [6.45, 7) is 8.28. The van der Waals surface area contributed by atoms with Crippen LogP contribution in [0.2, 0.25) is 0 Å². The van der Waals surface area contributed by atoms with Crippen molar-refractivity contribution in [3.63, 3.8) is 0 Å². The van der Waals surface area contributed by atoms with Crippen LogP contribution in [0.15, 0.2) is 59.5 Å². The number of hydrogen-bond acceptors (Lipinski definition) is 6. The first kappa shape index (κ1) is 23.0. The van der Waals surface area contributed by atoms with Crippen LogP contribution in [0.25, 0.3) is 11.3 Å². The molecule has 0 saturated carbocycles. The van der Waals surface area contributed by atoms with Gasteiger partial charge in [-0.2, -0.15) is 0 Å². The van der Waals surface area contributed by atoms with Gasteiger partial charge in [-0.1, -0.05) is 32.0 Å². The largest absolute Gasteiger partial charge is 0.492 e. The van der Waals surface area contributed by atoms with Crippen molar-refractivity contribution in [2.24, 2.45) is 0 Å². The first-order chi connectivity index (χ1) is 15.9. The Hall–Kier alpha value is -3.13. The molecule has 2 heterocycles. The summed E-state index contributed by atoms with van der Waals surface area (Å²) in [7, 11) is -3.86. The average Bonchev–Trinajstić information content (AvgIpc) is 3.34. The summed E-state index contributed by atoms with van der Waals surface area (Å²) >= 11 is 0. The van der Waals surface area contributed by atoms with E-state index in [1.54, 1.807) is 30.3 Å². The highest BCUT2D eigenvalue weighted by atomic mass is 32.2. The lowest BCUT2D eigenvalue weighted by Gasteiger charge is -2.16. The van der Waals surface area contributed by atoms with Gasteiger partial charge in [-0.05, 0) is 67.6 Å². The molecule has 3 aromatic rings. The van der Waals surface area contributed by atoms with Crippen LogP contribution in [0.5, 0.6) is 5.75 Å². The van der Waals surface area contributed by atoms with Crippen molar-refractivity contribution in [3.05, 3.63) is 60.2 Å². The number of nitrogens with one attached hydrogen (secondary N) is 1. The monoisotopic (exact) mass is 466 g/mol. The predicted octanol–water partition coefficient (Wildman–Crippen LogP) is 5.07. The second-order valence-corrected chi connectivity index (χ2v) is 10.1. The molecule has 2 aromatic carbocycles. The Morgan fingerprint density at radius 2 is 1.82 bits per heavy atom. The van der Waals surface area contributed by atoms with E-state index in [0.717, 1.165) is 30.0 Å². The molecule has 0 radical (unpaired) electrons. The maximum atomic E-state index is 13.3. The molecule has 1 fully saturated rings. The van der Waals surface area contributed by atoms with Gasteiger partial charge in [0.2, 0.25) is 0 Å². The van der Waals surface area contributed by atoms with Crippen molar-refractivity contribution in [2.45, 2.75) is 44.4 Å². The van der Waals surface area contributed by atoms with Gasteiger partial charge in [-0.25, -0.2) is 8.42 Å². The summed E-state index contributed by atoms with van der Waals surface area (Å²) in [5, 5.41) is 8.74. The van der Waals surface area contributed by atoms with Crippen LogP contribution in [-0.4, -0.2) is 38.3 Å². The molecule has 1 saturated heterocycles.